The zero-order valence-electron chi connectivity index (χ0n) is 14.7. The van der Waals surface area contributed by atoms with Gasteiger partial charge in [-0.2, -0.15) is 5.10 Å². The summed E-state index contributed by atoms with van der Waals surface area (Å²) in [6.07, 6.45) is 2.90. The number of nitrogens with one attached hydrogen (secondary N) is 3. The van der Waals surface area contributed by atoms with Gasteiger partial charge in [0.1, 0.15) is 0 Å². The second-order valence-corrected chi connectivity index (χ2v) is 8.56. The fourth-order valence-corrected chi connectivity index (χ4v) is 4.90. The predicted molar refractivity (Wildman–Crippen MR) is 109 cm³/mol. The number of H-pyrrole nitrogens is 1. The molecule has 2 aliphatic rings. The van der Waals surface area contributed by atoms with Crippen LogP contribution in [0.3, 0.4) is 0 Å². The average molecular weight is 417 g/mol. The SMILES string of the molecule is O=C(Nc1ccc(Cl)cc1)N[C@H]1[C@@H]2C[C@@](O)(c3cc(Cl)cc4[nH]ncc34)C[C@@H]21. The third-order valence-corrected chi connectivity index (χ3v) is 6.37. The largest absolute Gasteiger partial charge is 0.385 e. The summed E-state index contributed by atoms with van der Waals surface area (Å²) in [5.74, 6) is 0.504. The Kier molecular flexibility index (Phi) is 4.05. The molecular weight excluding hydrogens is 399 g/mol. The van der Waals surface area contributed by atoms with Crippen molar-refractivity contribution in [2.45, 2.75) is 24.5 Å². The minimum atomic E-state index is -0.951. The Morgan fingerprint density at radius 2 is 1.86 bits per heavy atom. The molecular formula is C20H18Cl2N4O2. The maximum absolute atomic E-state index is 12.2. The molecule has 4 N–H and O–H groups in total. The molecule has 2 saturated carbocycles. The van der Waals surface area contributed by atoms with Gasteiger partial charge in [-0.05, 0) is 66.6 Å². The van der Waals surface area contributed by atoms with Gasteiger partial charge in [-0.1, -0.05) is 23.2 Å². The number of aliphatic hydroxyl groups is 1. The summed E-state index contributed by atoms with van der Waals surface area (Å²) in [6, 6.07) is 10.4. The molecule has 144 valence electrons. The van der Waals surface area contributed by atoms with Gasteiger partial charge < -0.3 is 15.7 Å². The molecule has 3 aromatic rings. The number of anilines is 1. The summed E-state index contributed by atoms with van der Waals surface area (Å²) >= 11 is 12.1. The number of carbonyl (C=O) groups is 1. The zero-order valence-corrected chi connectivity index (χ0v) is 16.3. The number of amides is 2. The molecule has 0 aliphatic heterocycles. The standard InChI is InChI=1S/C20H18Cl2N4O2/c21-10-1-3-12(4-2-10)24-19(27)25-18-13-7-20(28,8-14(13)18)16-5-11(22)6-17-15(16)9-23-26-17/h1-6,9,13-14,18,28H,7-8H2,(H,23,26)(H2,24,25,27)/t13-,14+,18+,20+. The lowest BCUT2D eigenvalue weighted by Gasteiger charge is -2.27. The first kappa shape index (κ1) is 17.8. The Morgan fingerprint density at radius 3 is 2.57 bits per heavy atom. The highest BCUT2D eigenvalue weighted by Crippen LogP contribution is 2.60. The summed E-state index contributed by atoms with van der Waals surface area (Å²) in [6.45, 7) is 0. The molecule has 2 aliphatic carbocycles. The summed E-state index contributed by atoms with van der Waals surface area (Å²) < 4.78 is 0. The van der Waals surface area contributed by atoms with Crippen LogP contribution in [0, 0.1) is 11.8 Å². The van der Waals surface area contributed by atoms with Crippen molar-refractivity contribution in [3.05, 3.63) is 58.2 Å². The van der Waals surface area contributed by atoms with Crippen molar-refractivity contribution >= 4 is 45.8 Å². The van der Waals surface area contributed by atoms with Crippen molar-refractivity contribution in [1.82, 2.24) is 15.5 Å². The predicted octanol–water partition coefficient (Wildman–Crippen LogP) is 4.29. The van der Waals surface area contributed by atoms with Crippen molar-refractivity contribution in [1.29, 1.82) is 0 Å². The molecule has 2 aromatic carbocycles. The second-order valence-electron chi connectivity index (χ2n) is 7.68. The van der Waals surface area contributed by atoms with Crippen molar-refractivity contribution in [2.24, 2.45) is 11.8 Å². The Labute approximate surface area is 171 Å². The van der Waals surface area contributed by atoms with E-state index in [9.17, 15) is 9.90 Å². The fourth-order valence-electron chi connectivity index (χ4n) is 4.55. The number of nitrogens with zero attached hydrogens (tertiary/aromatic N) is 1. The number of halogens is 2. The van der Waals surface area contributed by atoms with Gasteiger partial charge in [0.2, 0.25) is 0 Å². The van der Waals surface area contributed by atoms with Crippen molar-refractivity contribution in [3.8, 4) is 0 Å². The van der Waals surface area contributed by atoms with E-state index in [-0.39, 0.29) is 23.9 Å². The van der Waals surface area contributed by atoms with Crippen molar-refractivity contribution in [3.63, 3.8) is 0 Å². The lowest BCUT2D eigenvalue weighted by molar-refractivity contribution is 0.0300. The molecule has 0 unspecified atom stereocenters. The quantitative estimate of drug-likeness (QED) is 0.513. The van der Waals surface area contributed by atoms with Crippen LogP contribution in [0.2, 0.25) is 10.0 Å². The van der Waals surface area contributed by atoms with E-state index in [1.165, 1.54) is 0 Å². The lowest BCUT2D eigenvalue weighted by Crippen LogP contribution is -2.36. The molecule has 0 saturated heterocycles. The molecule has 28 heavy (non-hydrogen) atoms. The van der Waals surface area contributed by atoms with Crippen LogP contribution in [0.1, 0.15) is 18.4 Å². The summed E-state index contributed by atoms with van der Waals surface area (Å²) in [4.78, 5) is 12.2. The average Bonchev–Trinajstić information content (AvgIpc) is 3.03. The number of urea groups is 1. The van der Waals surface area contributed by atoms with Gasteiger partial charge in [0.15, 0.2) is 0 Å². The van der Waals surface area contributed by atoms with Crippen LogP contribution >= 0.6 is 23.2 Å². The van der Waals surface area contributed by atoms with Gasteiger partial charge in [0, 0.05) is 27.2 Å². The third-order valence-electron chi connectivity index (χ3n) is 5.90. The van der Waals surface area contributed by atoms with Crippen molar-refractivity contribution < 1.29 is 9.90 Å². The maximum Gasteiger partial charge on any atom is 0.319 e. The number of benzene rings is 2. The number of carbonyl (C=O) groups excluding carboxylic acids is 1. The van der Waals surface area contributed by atoms with E-state index in [1.54, 1.807) is 36.5 Å². The van der Waals surface area contributed by atoms with Crippen LogP contribution in [0.15, 0.2) is 42.6 Å². The van der Waals surface area contributed by atoms with Gasteiger partial charge in [0.05, 0.1) is 17.3 Å². The number of hydrogen-bond donors (Lipinski definition) is 4. The molecule has 0 bridgehead atoms. The van der Waals surface area contributed by atoms with Crippen LogP contribution < -0.4 is 10.6 Å². The topological polar surface area (TPSA) is 90.0 Å². The molecule has 6 nitrogen and oxygen atoms in total. The molecule has 1 heterocycles. The molecule has 5 rings (SSSR count). The molecule has 2 amide bonds. The van der Waals surface area contributed by atoms with E-state index in [1.807, 2.05) is 6.07 Å². The smallest absolute Gasteiger partial charge is 0.319 e. The van der Waals surface area contributed by atoms with Crippen LogP contribution in [0.25, 0.3) is 10.9 Å². The van der Waals surface area contributed by atoms with E-state index < -0.39 is 5.60 Å². The summed E-state index contributed by atoms with van der Waals surface area (Å²) in [5, 5.41) is 26.1. The number of fused-ring (bicyclic) bond motifs is 2. The molecule has 0 radical (unpaired) electrons. The first-order chi connectivity index (χ1) is 13.4. The summed E-state index contributed by atoms with van der Waals surface area (Å²) in [7, 11) is 0. The first-order valence-electron chi connectivity index (χ1n) is 9.11. The Morgan fingerprint density at radius 1 is 1.14 bits per heavy atom. The number of hydrogen-bond acceptors (Lipinski definition) is 3. The molecule has 1 aromatic heterocycles. The van der Waals surface area contributed by atoms with Gasteiger partial charge in [-0.25, -0.2) is 4.79 Å². The normalized spacial score (nSPS) is 28.2. The highest BCUT2D eigenvalue weighted by atomic mass is 35.5. The Hall–Kier alpha value is -2.28. The number of aromatic amines is 1. The van der Waals surface area contributed by atoms with Crippen molar-refractivity contribution in [2.75, 3.05) is 5.32 Å². The van der Waals surface area contributed by atoms with Gasteiger partial charge in [-0.3, -0.25) is 5.10 Å². The Balaban J connectivity index is 1.26. The van der Waals surface area contributed by atoms with Crippen LogP contribution in [-0.2, 0) is 5.60 Å². The van der Waals surface area contributed by atoms with Crippen LogP contribution in [0.5, 0.6) is 0 Å². The van der Waals surface area contributed by atoms with E-state index in [0.29, 0.717) is 28.6 Å². The highest BCUT2D eigenvalue weighted by Gasteiger charge is 2.62. The first-order valence-corrected chi connectivity index (χ1v) is 9.87. The van der Waals surface area contributed by atoms with E-state index in [4.69, 9.17) is 23.2 Å². The monoisotopic (exact) mass is 416 g/mol. The fraction of sp³-hybridized carbons (Fsp3) is 0.300. The minimum Gasteiger partial charge on any atom is -0.385 e. The van der Waals surface area contributed by atoms with Gasteiger partial charge in [-0.15, -0.1) is 0 Å². The van der Waals surface area contributed by atoms with E-state index in [0.717, 1.165) is 16.5 Å². The zero-order chi connectivity index (χ0) is 19.5. The third kappa shape index (κ3) is 3.02. The van der Waals surface area contributed by atoms with Gasteiger partial charge >= 0.3 is 6.03 Å². The highest BCUT2D eigenvalue weighted by molar-refractivity contribution is 6.31. The van der Waals surface area contributed by atoms with Crippen LogP contribution in [-0.4, -0.2) is 27.4 Å². The van der Waals surface area contributed by atoms with Gasteiger partial charge in [0.25, 0.3) is 0 Å². The molecule has 4 atom stereocenters. The minimum absolute atomic E-state index is 0.0756. The number of aromatic nitrogens is 2. The molecule has 0 spiro atoms. The maximum atomic E-state index is 12.2. The Bertz CT molecular complexity index is 1050. The van der Waals surface area contributed by atoms with E-state index >= 15 is 0 Å². The molecule has 2 fully saturated rings. The number of rotatable bonds is 3. The second kappa shape index (κ2) is 6.37. The lowest BCUT2D eigenvalue weighted by atomic mass is 9.86. The van der Waals surface area contributed by atoms with Crippen LogP contribution in [0.4, 0.5) is 10.5 Å². The summed E-state index contributed by atoms with van der Waals surface area (Å²) in [5.41, 5.74) is 1.35. The van der Waals surface area contributed by atoms with E-state index in [2.05, 4.69) is 20.8 Å². The molecule has 8 heteroatoms.